The summed E-state index contributed by atoms with van der Waals surface area (Å²) in [4.78, 5) is 34.6. The number of aromatic amines is 1. The third-order valence-corrected chi connectivity index (χ3v) is 6.21. The number of alkyl halides is 3. The van der Waals surface area contributed by atoms with Gasteiger partial charge in [0.15, 0.2) is 11.2 Å². The maximum atomic E-state index is 13.6. The van der Waals surface area contributed by atoms with Crippen LogP contribution in [0.15, 0.2) is 53.3 Å². The smallest absolute Gasteiger partial charge is 0.444 e. The number of piperazine rings is 1. The number of hydrogen-bond acceptors (Lipinski definition) is 6. The monoisotopic (exact) mass is 545 g/mol. The highest BCUT2D eigenvalue weighted by Crippen LogP contribution is 2.23. The first-order valence-corrected chi connectivity index (χ1v) is 12.4. The maximum absolute atomic E-state index is 13.6. The number of benzene rings is 2. The number of aromatic nitrogens is 4. The van der Waals surface area contributed by atoms with Gasteiger partial charge in [0.2, 0.25) is 0 Å². The van der Waals surface area contributed by atoms with Crippen LogP contribution in [0, 0.1) is 0 Å². The molecular formula is C26H28F3N6O4+. The van der Waals surface area contributed by atoms with E-state index >= 15 is 0 Å². The van der Waals surface area contributed by atoms with Crippen LogP contribution < -0.4 is 14.8 Å². The molecule has 2 aromatic heterocycles. The Kier molecular flexibility index (Phi) is 6.70. The molecule has 0 bridgehead atoms. The Bertz CT molecular complexity index is 1570. The van der Waals surface area contributed by atoms with Gasteiger partial charge in [-0.3, -0.25) is 4.90 Å². The largest absolute Gasteiger partial charge is 0.573 e. The van der Waals surface area contributed by atoms with Gasteiger partial charge < -0.3 is 14.4 Å². The SMILES string of the molecule is CC(C)(C)OC(=O)N1CCN(Cc2nc3ccccc3[n+]3[nH]n(-c4ccc(OC(F)(F)F)cc4)c(=O)c23)CC1. The van der Waals surface area contributed by atoms with Gasteiger partial charge in [-0.05, 0) is 57.2 Å². The molecule has 5 rings (SSSR count). The Morgan fingerprint density at radius 2 is 1.69 bits per heavy atom. The zero-order valence-corrected chi connectivity index (χ0v) is 21.7. The summed E-state index contributed by atoms with van der Waals surface area (Å²) in [6.45, 7) is 7.92. The van der Waals surface area contributed by atoms with Crippen molar-refractivity contribution in [1.29, 1.82) is 0 Å². The van der Waals surface area contributed by atoms with Crippen molar-refractivity contribution in [3.05, 3.63) is 64.6 Å². The van der Waals surface area contributed by atoms with Gasteiger partial charge in [-0.1, -0.05) is 22.0 Å². The zero-order chi connectivity index (χ0) is 27.9. The summed E-state index contributed by atoms with van der Waals surface area (Å²) in [5, 5.41) is 3.04. The Morgan fingerprint density at radius 1 is 1.03 bits per heavy atom. The predicted octanol–water partition coefficient (Wildman–Crippen LogP) is 3.40. The summed E-state index contributed by atoms with van der Waals surface area (Å²) >= 11 is 0. The number of amides is 1. The minimum atomic E-state index is -4.81. The lowest BCUT2D eigenvalue weighted by Gasteiger charge is -2.35. The van der Waals surface area contributed by atoms with E-state index in [2.05, 4.69) is 14.9 Å². The van der Waals surface area contributed by atoms with Crippen LogP contribution in [-0.2, 0) is 11.3 Å². The molecule has 0 unspecified atom stereocenters. The van der Waals surface area contributed by atoms with Gasteiger partial charge in [-0.25, -0.2) is 14.6 Å². The zero-order valence-electron chi connectivity index (χ0n) is 21.7. The molecule has 1 fully saturated rings. The molecule has 13 heteroatoms. The summed E-state index contributed by atoms with van der Waals surface area (Å²) in [5.74, 6) is -0.388. The van der Waals surface area contributed by atoms with Crippen LogP contribution in [0.2, 0.25) is 0 Å². The maximum Gasteiger partial charge on any atom is 0.573 e. The molecule has 39 heavy (non-hydrogen) atoms. The second kappa shape index (κ2) is 9.88. The van der Waals surface area contributed by atoms with E-state index in [4.69, 9.17) is 9.72 Å². The van der Waals surface area contributed by atoms with Crippen LogP contribution >= 0.6 is 0 Å². The van der Waals surface area contributed by atoms with Gasteiger partial charge in [-0.15, -0.1) is 17.7 Å². The van der Waals surface area contributed by atoms with Gasteiger partial charge >= 0.3 is 18.0 Å². The normalized spacial score (nSPS) is 15.2. The lowest BCUT2D eigenvalue weighted by Crippen LogP contribution is -2.49. The van der Waals surface area contributed by atoms with E-state index in [-0.39, 0.29) is 11.8 Å². The number of hydrogen-bond donors (Lipinski definition) is 1. The molecule has 4 aromatic rings. The number of nitrogens with zero attached hydrogens (tertiary/aromatic N) is 5. The average Bonchev–Trinajstić information content (AvgIpc) is 3.21. The Balaban J connectivity index is 1.45. The molecule has 0 spiro atoms. The van der Waals surface area contributed by atoms with Gasteiger partial charge in [-0.2, -0.15) is 0 Å². The van der Waals surface area contributed by atoms with Crippen LogP contribution in [0.25, 0.3) is 22.2 Å². The summed E-state index contributed by atoms with van der Waals surface area (Å²) in [6.07, 6.45) is -5.17. The van der Waals surface area contributed by atoms with Crippen molar-refractivity contribution in [3.8, 4) is 11.4 Å². The summed E-state index contributed by atoms with van der Waals surface area (Å²) in [6, 6.07) is 12.3. The van der Waals surface area contributed by atoms with Gasteiger partial charge in [0.1, 0.15) is 22.6 Å². The molecule has 0 radical (unpaired) electrons. The molecule has 10 nitrogen and oxygen atoms in total. The lowest BCUT2D eigenvalue weighted by molar-refractivity contribution is -0.556. The Morgan fingerprint density at radius 3 is 2.33 bits per heavy atom. The molecule has 1 amide bonds. The predicted molar refractivity (Wildman–Crippen MR) is 135 cm³/mol. The second-order valence-electron chi connectivity index (χ2n) is 10.3. The van der Waals surface area contributed by atoms with Crippen LogP contribution in [0.5, 0.6) is 5.75 Å². The van der Waals surface area contributed by atoms with E-state index in [1.165, 1.54) is 16.8 Å². The number of H-pyrrole nitrogens is 1. The fourth-order valence-corrected chi connectivity index (χ4v) is 4.48. The molecule has 0 aliphatic carbocycles. The van der Waals surface area contributed by atoms with Crippen molar-refractivity contribution in [2.24, 2.45) is 0 Å². The molecule has 3 heterocycles. The first-order valence-electron chi connectivity index (χ1n) is 12.4. The molecule has 206 valence electrons. The standard InChI is InChI=1S/C26H27F3N6O4/c1-25(2,3)39-24(37)33-14-12-32(13-15-33)16-20-22-23(36)34(17-8-10-18(11-9-17)38-26(27,28)29)31-35(22)21-7-5-4-6-19(21)30-20/h4-11H,12-16H2,1-3H3/p+1. The first kappa shape index (κ1) is 26.5. The van der Waals surface area contributed by atoms with E-state index in [1.54, 1.807) is 9.42 Å². The highest BCUT2D eigenvalue weighted by atomic mass is 19.4. The highest BCUT2D eigenvalue weighted by molar-refractivity contribution is 5.73. The molecule has 0 saturated carbocycles. The first-order chi connectivity index (χ1) is 18.4. The third kappa shape index (κ3) is 5.82. The van der Waals surface area contributed by atoms with Gasteiger partial charge in [0, 0.05) is 32.7 Å². The van der Waals surface area contributed by atoms with Crippen molar-refractivity contribution in [2.45, 2.75) is 39.3 Å². The average molecular weight is 546 g/mol. The number of halogens is 3. The molecule has 1 N–H and O–H groups in total. The molecular weight excluding hydrogens is 517 g/mol. The third-order valence-electron chi connectivity index (χ3n) is 6.21. The molecule has 1 aliphatic rings. The number of rotatable bonds is 4. The van der Waals surface area contributed by atoms with Crippen molar-refractivity contribution in [3.63, 3.8) is 0 Å². The highest BCUT2D eigenvalue weighted by Gasteiger charge is 2.32. The Hall–Kier alpha value is -4.13. The number of carbonyl (C=O) groups excluding carboxylic acids is 1. The van der Waals surface area contributed by atoms with E-state index in [0.717, 1.165) is 12.1 Å². The van der Waals surface area contributed by atoms with E-state index in [0.29, 0.717) is 60.7 Å². The summed E-state index contributed by atoms with van der Waals surface area (Å²) in [5.41, 5.74) is 1.54. The van der Waals surface area contributed by atoms with Crippen LogP contribution in [0.3, 0.4) is 0 Å². The Labute approximate surface area is 221 Å². The summed E-state index contributed by atoms with van der Waals surface area (Å²) in [7, 11) is 0. The number of fused-ring (bicyclic) bond motifs is 3. The second-order valence-corrected chi connectivity index (χ2v) is 10.3. The van der Waals surface area contributed by atoms with Crippen LogP contribution in [0.1, 0.15) is 26.5 Å². The fourth-order valence-electron chi connectivity index (χ4n) is 4.48. The number of carbonyl (C=O) groups is 1. The van der Waals surface area contributed by atoms with Crippen molar-refractivity contribution < 1.29 is 32.0 Å². The van der Waals surface area contributed by atoms with Crippen molar-refractivity contribution in [2.75, 3.05) is 26.2 Å². The quantitative estimate of drug-likeness (QED) is 0.395. The van der Waals surface area contributed by atoms with Gasteiger partial charge in [0.05, 0.1) is 0 Å². The van der Waals surface area contributed by atoms with E-state index < -0.39 is 17.5 Å². The molecule has 1 saturated heterocycles. The topological polar surface area (TPSA) is 96.8 Å². The van der Waals surface area contributed by atoms with Crippen LogP contribution in [0.4, 0.5) is 18.0 Å². The van der Waals surface area contributed by atoms with Crippen molar-refractivity contribution >= 4 is 22.6 Å². The number of para-hydroxylation sites is 2. The minimum absolute atomic E-state index is 0.318. The van der Waals surface area contributed by atoms with Crippen molar-refractivity contribution in [1.82, 2.24) is 24.7 Å². The molecule has 1 aliphatic heterocycles. The van der Waals surface area contributed by atoms with Crippen LogP contribution in [-0.4, -0.2) is 68.9 Å². The molecule has 2 aromatic carbocycles. The number of ether oxygens (including phenoxy) is 2. The summed E-state index contributed by atoms with van der Waals surface area (Å²) < 4.78 is 50.0. The van der Waals surface area contributed by atoms with Gasteiger partial charge in [0.25, 0.3) is 5.52 Å². The lowest BCUT2D eigenvalue weighted by atomic mass is 10.2. The minimum Gasteiger partial charge on any atom is -0.444 e. The van der Waals surface area contributed by atoms with E-state index in [1.807, 2.05) is 45.0 Å². The fraction of sp³-hybridized carbons (Fsp3) is 0.385. The molecule has 0 atom stereocenters. The van der Waals surface area contributed by atoms with E-state index in [9.17, 15) is 22.8 Å². The number of nitrogens with one attached hydrogen (secondary N) is 1.